The van der Waals surface area contributed by atoms with E-state index in [0.29, 0.717) is 24.1 Å². The highest BCUT2D eigenvalue weighted by molar-refractivity contribution is 5.98. The summed E-state index contributed by atoms with van der Waals surface area (Å²) in [6.07, 6.45) is 2.84. The Kier molecular flexibility index (Phi) is 6.67. The first-order valence-corrected chi connectivity index (χ1v) is 10.3. The van der Waals surface area contributed by atoms with Crippen molar-refractivity contribution in [2.24, 2.45) is 5.92 Å². The molecular weight excluding hydrogens is 354 g/mol. The van der Waals surface area contributed by atoms with Crippen LogP contribution in [0, 0.1) is 12.8 Å². The highest BCUT2D eigenvalue weighted by atomic mass is 16.5. The minimum Gasteiger partial charge on any atom is -0.379 e. The SMILES string of the molecule is Cc1nc2c(cnn2C(C)C)cc1C(=O)NCC(CC(C)C)N1CCOCC1. The van der Waals surface area contributed by atoms with E-state index in [1.807, 2.05) is 17.7 Å². The maximum absolute atomic E-state index is 12.9. The standard InChI is InChI=1S/C21H33N5O2/c1-14(2)10-18(25-6-8-28-9-7-25)13-22-21(27)19-11-17-12-23-26(15(3)4)20(17)24-16(19)5/h11-12,14-15,18H,6-10,13H2,1-5H3,(H,22,27). The Morgan fingerprint density at radius 1 is 1.25 bits per heavy atom. The Hall–Kier alpha value is -1.99. The molecule has 0 bridgehead atoms. The molecule has 7 heteroatoms. The summed E-state index contributed by atoms with van der Waals surface area (Å²) in [5.41, 5.74) is 2.19. The van der Waals surface area contributed by atoms with Gasteiger partial charge in [-0.2, -0.15) is 5.10 Å². The van der Waals surface area contributed by atoms with Gasteiger partial charge < -0.3 is 10.1 Å². The number of aryl methyl sites for hydroxylation is 1. The van der Waals surface area contributed by atoms with E-state index in [9.17, 15) is 4.79 Å². The molecule has 1 saturated heterocycles. The zero-order chi connectivity index (χ0) is 20.3. The molecule has 3 rings (SSSR count). The summed E-state index contributed by atoms with van der Waals surface area (Å²) in [4.78, 5) is 20.0. The Labute approximate surface area is 167 Å². The van der Waals surface area contributed by atoms with E-state index in [2.05, 4.69) is 48.0 Å². The number of fused-ring (bicyclic) bond motifs is 1. The molecule has 1 N–H and O–H groups in total. The van der Waals surface area contributed by atoms with E-state index >= 15 is 0 Å². The van der Waals surface area contributed by atoms with Crippen molar-refractivity contribution >= 4 is 16.9 Å². The largest absolute Gasteiger partial charge is 0.379 e. The summed E-state index contributed by atoms with van der Waals surface area (Å²) in [6, 6.07) is 2.47. The fourth-order valence-electron chi connectivity index (χ4n) is 3.83. The number of aromatic nitrogens is 3. The predicted molar refractivity (Wildman–Crippen MR) is 111 cm³/mol. The fraction of sp³-hybridized carbons (Fsp3) is 0.667. The average Bonchev–Trinajstić information content (AvgIpc) is 3.07. The first kappa shape index (κ1) is 20.7. The molecule has 0 saturated carbocycles. The van der Waals surface area contributed by atoms with E-state index in [1.165, 1.54) is 0 Å². The van der Waals surface area contributed by atoms with Crippen LogP contribution in [0.1, 0.15) is 56.2 Å². The summed E-state index contributed by atoms with van der Waals surface area (Å²) in [7, 11) is 0. The molecule has 7 nitrogen and oxygen atoms in total. The van der Waals surface area contributed by atoms with Crippen LogP contribution < -0.4 is 5.32 Å². The first-order chi connectivity index (χ1) is 13.4. The number of hydrogen-bond acceptors (Lipinski definition) is 5. The molecule has 1 atom stereocenters. The molecule has 0 spiro atoms. The highest BCUT2D eigenvalue weighted by Crippen LogP contribution is 2.19. The quantitative estimate of drug-likeness (QED) is 0.791. The second-order valence-electron chi connectivity index (χ2n) is 8.36. The number of amides is 1. The van der Waals surface area contributed by atoms with Crippen LogP contribution in [-0.4, -0.2) is 64.5 Å². The van der Waals surface area contributed by atoms with Crippen LogP contribution in [0.15, 0.2) is 12.3 Å². The van der Waals surface area contributed by atoms with Crippen molar-refractivity contribution in [2.45, 2.75) is 53.1 Å². The summed E-state index contributed by atoms with van der Waals surface area (Å²) in [5.74, 6) is 0.512. The molecule has 28 heavy (non-hydrogen) atoms. The van der Waals surface area contributed by atoms with Gasteiger partial charge in [-0.1, -0.05) is 13.8 Å². The Balaban J connectivity index is 1.73. The maximum atomic E-state index is 12.9. The number of carbonyl (C=O) groups is 1. The third-order valence-electron chi connectivity index (χ3n) is 5.30. The molecule has 1 aliphatic heterocycles. The molecule has 3 heterocycles. The van der Waals surface area contributed by atoms with Crippen molar-refractivity contribution in [3.8, 4) is 0 Å². The van der Waals surface area contributed by atoms with Gasteiger partial charge in [-0.05, 0) is 39.2 Å². The lowest BCUT2D eigenvalue weighted by Crippen LogP contribution is -2.49. The molecule has 1 aliphatic rings. The van der Waals surface area contributed by atoms with Crippen LogP contribution in [0.4, 0.5) is 0 Å². The molecule has 1 fully saturated rings. The van der Waals surface area contributed by atoms with Crippen molar-refractivity contribution in [1.82, 2.24) is 25.0 Å². The van der Waals surface area contributed by atoms with Gasteiger partial charge in [0.05, 0.1) is 30.7 Å². The van der Waals surface area contributed by atoms with Crippen molar-refractivity contribution < 1.29 is 9.53 Å². The fourth-order valence-corrected chi connectivity index (χ4v) is 3.83. The Morgan fingerprint density at radius 3 is 2.61 bits per heavy atom. The number of morpholine rings is 1. The normalized spacial score (nSPS) is 16.8. The number of ether oxygens (including phenoxy) is 1. The van der Waals surface area contributed by atoms with E-state index in [-0.39, 0.29) is 11.9 Å². The van der Waals surface area contributed by atoms with Crippen LogP contribution in [-0.2, 0) is 4.74 Å². The van der Waals surface area contributed by atoms with E-state index in [0.717, 1.165) is 49.5 Å². The lowest BCUT2D eigenvalue weighted by Gasteiger charge is -2.35. The number of carbonyl (C=O) groups excluding carboxylic acids is 1. The molecule has 0 aliphatic carbocycles. The van der Waals surface area contributed by atoms with Gasteiger partial charge in [0.2, 0.25) is 0 Å². The number of nitrogens with zero attached hydrogens (tertiary/aromatic N) is 4. The lowest BCUT2D eigenvalue weighted by molar-refractivity contribution is 0.0124. The van der Waals surface area contributed by atoms with Gasteiger partial charge in [0, 0.05) is 37.1 Å². The van der Waals surface area contributed by atoms with Crippen LogP contribution in [0.2, 0.25) is 0 Å². The third kappa shape index (κ3) is 4.70. The van der Waals surface area contributed by atoms with Crippen molar-refractivity contribution in [3.05, 3.63) is 23.5 Å². The van der Waals surface area contributed by atoms with E-state index < -0.39 is 0 Å². The molecule has 1 amide bonds. The molecule has 2 aromatic rings. The van der Waals surface area contributed by atoms with Gasteiger partial charge in [-0.15, -0.1) is 0 Å². The molecule has 1 unspecified atom stereocenters. The monoisotopic (exact) mass is 387 g/mol. The van der Waals surface area contributed by atoms with E-state index in [4.69, 9.17) is 4.74 Å². The minimum absolute atomic E-state index is 0.0637. The minimum atomic E-state index is -0.0637. The van der Waals surface area contributed by atoms with Gasteiger partial charge in [0.25, 0.3) is 5.91 Å². The van der Waals surface area contributed by atoms with E-state index in [1.54, 1.807) is 6.20 Å². The number of nitrogens with one attached hydrogen (secondary N) is 1. The maximum Gasteiger partial charge on any atom is 0.253 e. The van der Waals surface area contributed by atoms with Gasteiger partial charge >= 0.3 is 0 Å². The molecule has 2 aromatic heterocycles. The molecule has 0 radical (unpaired) electrons. The summed E-state index contributed by atoms with van der Waals surface area (Å²) < 4.78 is 7.37. The van der Waals surface area contributed by atoms with Crippen molar-refractivity contribution in [2.75, 3.05) is 32.8 Å². The van der Waals surface area contributed by atoms with Crippen LogP contribution in [0.5, 0.6) is 0 Å². The lowest BCUT2D eigenvalue weighted by atomic mass is 10.0. The Bertz CT molecular complexity index is 808. The molecular formula is C21H33N5O2. The second-order valence-corrected chi connectivity index (χ2v) is 8.36. The average molecular weight is 388 g/mol. The van der Waals surface area contributed by atoms with Gasteiger partial charge in [0.15, 0.2) is 5.65 Å². The topological polar surface area (TPSA) is 72.3 Å². The predicted octanol–water partition coefficient (Wildman–Crippen LogP) is 2.80. The number of rotatable bonds is 7. The van der Waals surface area contributed by atoms with Gasteiger partial charge in [-0.25, -0.2) is 9.67 Å². The number of hydrogen-bond donors (Lipinski definition) is 1. The summed E-state index contributed by atoms with van der Waals surface area (Å²) >= 11 is 0. The zero-order valence-electron chi connectivity index (χ0n) is 17.7. The second kappa shape index (κ2) is 9.01. The third-order valence-corrected chi connectivity index (χ3v) is 5.30. The summed E-state index contributed by atoms with van der Waals surface area (Å²) in [5, 5.41) is 8.46. The molecule has 0 aromatic carbocycles. The van der Waals surface area contributed by atoms with Crippen LogP contribution in [0.25, 0.3) is 11.0 Å². The Morgan fingerprint density at radius 2 is 1.96 bits per heavy atom. The highest BCUT2D eigenvalue weighted by Gasteiger charge is 2.23. The zero-order valence-corrected chi connectivity index (χ0v) is 17.7. The van der Waals surface area contributed by atoms with Crippen LogP contribution in [0.3, 0.4) is 0 Å². The van der Waals surface area contributed by atoms with Gasteiger partial charge in [0.1, 0.15) is 0 Å². The smallest absolute Gasteiger partial charge is 0.253 e. The molecule has 154 valence electrons. The van der Waals surface area contributed by atoms with Gasteiger partial charge in [-0.3, -0.25) is 9.69 Å². The first-order valence-electron chi connectivity index (χ1n) is 10.3. The van der Waals surface area contributed by atoms with Crippen molar-refractivity contribution in [3.63, 3.8) is 0 Å². The van der Waals surface area contributed by atoms with Crippen LogP contribution >= 0.6 is 0 Å². The number of pyridine rings is 1. The van der Waals surface area contributed by atoms with Crippen molar-refractivity contribution in [1.29, 1.82) is 0 Å². The summed E-state index contributed by atoms with van der Waals surface area (Å²) in [6.45, 7) is 14.5.